The molecule has 2 saturated heterocycles. The van der Waals surface area contributed by atoms with Gasteiger partial charge in [0.2, 0.25) is 16.8 Å². The number of fused-ring (bicyclic) bond motifs is 2. The quantitative estimate of drug-likeness (QED) is 0.251. The number of nitrogens with one attached hydrogen (secondary N) is 1. The van der Waals surface area contributed by atoms with Gasteiger partial charge < -0.3 is 38.8 Å². The topological polar surface area (TPSA) is 155 Å². The third-order valence-electron chi connectivity index (χ3n) is 8.32. The number of benzene rings is 2. The number of aromatic nitrogens is 1. The lowest BCUT2D eigenvalue weighted by Gasteiger charge is -2.31. The first-order valence-electron chi connectivity index (χ1n) is 16.3. The fourth-order valence-electron chi connectivity index (χ4n) is 5.90. The molecule has 13 nitrogen and oxygen atoms in total. The van der Waals surface area contributed by atoms with Crippen LogP contribution >= 0.6 is 11.3 Å². The van der Waals surface area contributed by atoms with Crippen molar-refractivity contribution in [1.82, 2.24) is 14.6 Å². The largest absolute Gasteiger partial charge is 0.487 e. The molecule has 1 aromatic heterocycles. The molecule has 5 atom stereocenters. The third kappa shape index (κ3) is 8.21. The average molecular weight is 705 g/mol. The summed E-state index contributed by atoms with van der Waals surface area (Å²) in [7, 11) is -4.14. The summed E-state index contributed by atoms with van der Waals surface area (Å²) in [5, 5.41) is 15.2. The van der Waals surface area contributed by atoms with Crippen molar-refractivity contribution in [2.45, 2.75) is 69.7 Å². The van der Waals surface area contributed by atoms with Gasteiger partial charge in [-0.2, -0.15) is 4.31 Å². The van der Waals surface area contributed by atoms with Gasteiger partial charge in [-0.25, -0.2) is 18.2 Å². The highest BCUT2D eigenvalue weighted by atomic mass is 32.2. The van der Waals surface area contributed by atoms with E-state index in [2.05, 4.69) is 4.98 Å². The number of alkyl carbamates (subject to hydrolysis) is 1. The smallest absolute Gasteiger partial charge is 0.407 e. The molecule has 15 heteroatoms. The van der Waals surface area contributed by atoms with Crippen molar-refractivity contribution in [3.8, 4) is 17.2 Å². The van der Waals surface area contributed by atoms with Crippen LogP contribution in [0.5, 0.6) is 17.2 Å². The summed E-state index contributed by atoms with van der Waals surface area (Å²) >= 11 is 1.54. The van der Waals surface area contributed by atoms with Crippen LogP contribution in [0.25, 0.3) is 0 Å². The van der Waals surface area contributed by atoms with E-state index in [1.54, 1.807) is 35.6 Å². The van der Waals surface area contributed by atoms with E-state index in [4.69, 9.17) is 29.8 Å². The van der Waals surface area contributed by atoms with Crippen LogP contribution in [0, 0.1) is 18.8 Å². The van der Waals surface area contributed by atoms with Gasteiger partial charge in [-0.3, -0.25) is 0 Å². The molecule has 3 unspecified atom stereocenters. The molecule has 3 aromatic rings. The zero-order valence-corrected chi connectivity index (χ0v) is 28.7. The molecule has 0 bridgehead atoms. The number of rotatable bonds is 14. The lowest BCUT2D eigenvalue weighted by molar-refractivity contribution is -0.0907. The Balaban J connectivity index is 1.21. The van der Waals surface area contributed by atoms with Crippen molar-refractivity contribution < 1.29 is 48.2 Å². The summed E-state index contributed by atoms with van der Waals surface area (Å²) in [6, 6.07) is 10.2. The minimum absolute atomic E-state index is 0.00954. The van der Waals surface area contributed by atoms with Crippen LogP contribution in [-0.4, -0.2) is 86.5 Å². The molecule has 3 aliphatic rings. The van der Waals surface area contributed by atoms with Crippen LogP contribution in [0.4, 0.5) is 4.79 Å². The maximum absolute atomic E-state index is 13.9. The van der Waals surface area contributed by atoms with Crippen molar-refractivity contribution in [1.29, 1.82) is 0 Å². The van der Waals surface area contributed by atoms with Crippen molar-refractivity contribution in [2.24, 2.45) is 11.8 Å². The maximum atomic E-state index is 13.9. The first kappa shape index (κ1) is 33.0. The minimum atomic E-state index is -4.14. The van der Waals surface area contributed by atoms with E-state index in [9.17, 15) is 18.3 Å². The van der Waals surface area contributed by atoms with E-state index in [1.807, 2.05) is 26.2 Å². The van der Waals surface area contributed by atoms with Crippen LogP contribution in [0.1, 0.15) is 36.5 Å². The van der Waals surface area contributed by atoms with Gasteiger partial charge in [0.15, 0.2) is 19.2 Å². The van der Waals surface area contributed by atoms with Crippen LogP contribution < -0.4 is 19.5 Å². The van der Waals surface area contributed by atoms with E-state index >= 15 is 0 Å². The second-order valence-electron chi connectivity index (χ2n) is 12.4. The molecule has 0 radical (unpaired) electrons. The van der Waals surface area contributed by atoms with Gasteiger partial charge >= 0.3 is 6.09 Å². The Morgan fingerprint density at radius 1 is 1.17 bits per heavy atom. The lowest BCUT2D eigenvalue weighted by atomic mass is 10.0. The zero-order chi connectivity index (χ0) is 34.7. The molecule has 0 aliphatic carbocycles. The summed E-state index contributed by atoms with van der Waals surface area (Å²) in [5.41, 5.74) is 1.51. The molecule has 260 valence electrons. The highest BCUT2D eigenvalue weighted by molar-refractivity contribution is 7.89. The number of carbonyl (C=O) groups is 1. The second-order valence-corrected chi connectivity index (χ2v) is 15.4. The average Bonchev–Trinajstić information content (AvgIpc) is 3.89. The van der Waals surface area contributed by atoms with Gasteiger partial charge in [0.05, 0.1) is 46.9 Å². The number of aliphatic hydroxyl groups is 1. The minimum Gasteiger partial charge on any atom is -0.487 e. The Kier molecular flexibility index (Phi) is 10.3. The van der Waals surface area contributed by atoms with E-state index < -0.39 is 40.7 Å². The number of hydrogen-bond acceptors (Lipinski definition) is 12. The van der Waals surface area contributed by atoms with Crippen LogP contribution in [0.15, 0.2) is 52.7 Å². The molecule has 1 amide bonds. The summed E-state index contributed by atoms with van der Waals surface area (Å²) in [6.45, 7) is 6.27. The number of thiazole rings is 1. The Morgan fingerprint density at radius 3 is 2.71 bits per heavy atom. The second kappa shape index (κ2) is 15.0. The SMILES string of the molecule is [2H]N(C(=O)OC1COC2OCCC12)[C@@H](Cc1ccc(OCc2csc(C)n2)cc1)[C@H](O)CN(CC(C)C)S(=O)(=O)c1ccc2c(c1)OCO2. The number of ether oxygens (including phenoxy) is 6. The van der Waals surface area contributed by atoms with E-state index in [1.165, 1.54) is 22.5 Å². The van der Waals surface area contributed by atoms with Crippen molar-refractivity contribution in [3.05, 3.63) is 64.1 Å². The number of aliphatic hydroxyl groups excluding tert-OH is 1. The van der Waals surface area contributed by atoms with Crippen molar-refractivity contribution in [3.63, 3.8) is 0 Å². The highest BCUT2D eigenvalue weighted by Crippen LogP contribution is 2.35. The maximum Gasteiger partial charge on any atom is 0.407 e. The summed E-state index contributed by atoms with van der Waals surface area (Å²) < 4.78 is 71.4. The molecule has 48 heavy (non-hydrogen) atoms. The van der Waals surface area contributed by atoms with Crippen LogP contribution in [-0.2, 0) is 37.3 Å². The lowest BCUT2D eigenvalue weighted by Crippen LogP contribution is -2.51. The number of aryl methyl sites for hydroxylation is 1. The monoisotopic (exact) mass is 704 g/mol. The number of sulfonamides is 1. The first-order chi connectivity index (χ1) is 23.5. The summed E-state index contributed by atoms with van der Waals surface area (Å²) in [4.78, 5) is 17.8. The Labute approximate surface area is 285 Å². The Hall–Kier alpha value is -3.47. The number of carbonyl (C=O) groups excluding carboxylic acids is 1. The first-order valence-corrected chi connectivity index (χ1v) is 18.2. The highest BCUT2D eigenvalue weighted by Gasteiger charge is 2.44. The fourth-order valence-corrected chi connectivity index (χ4v) is 8.14. The molecular weight excluding hydrogens is 663 g/mol. The van der Waals surface area contributed by atoms with Gasteiger partial charge in [-0.15, -0.1) is 11.3 Å². The zero-order valence-electron chi connectivity index (χ0n) is 28.0. The van der Waals surface area contributed by atoms with Crippen molar-refractivity contribution >= 4 is 27.5 Å². The van der Waals surface area contributed by atoms with Gasteiger partial charge in [-0.05, 0) is 55.5 Å². The normalized spacial score (nSPS) is 21.6. The standard InChI is InChI=1S/C33H41N3O10S2/c1-20(2)14-36(48(39,40)25-8-9-29-30(13-25)45-19-44-29)15-28(37)27(35-33(38)46-31-17-43-32-26(31)10-11-41-32)12-22-4-6-24(7-5-22)42-16-23-18-47-21(3)34-23/h4-9,13,18,20,26-28,31-32,37H,10-12,14-17,19H2,1-3H3,(H,35,38)/t26?,27-,28+,31?,32?/m0/s1/i/hD. The van der Waals surface area contributed by atoms with Crippen LogP contribution in [0.3, 0.4) is 0 Å². The fraction of sp³-hybridized carbons (Fsp3) is 0.515. The van der Waals surface area contributed by atoms with Gasteiger partial charge in [0.25, 0.3) is 0 Å². The molecule has 4 heterocycles. The molecule has 2 aromatic carbocycles. The molecule has 0 spiro atoms. The molecule has 2 N–H and O–H groups in total. The number of hydrogen-bond donors (Lipinski definition) is 2. The van der Waals surface area contributed by atoms with Crippen molar-refractivity contribution in [2.75, 3.05) is 33.1 Å². The van der Waals surface area contributed by atoms with E-state index in [0.717, 1.165) is 10.7 Å². The van der Waals surface area contributed by atoms with Gasteiger partial charge in [0, 0.05) is 24.5 Å². The predicted molar refractivity (Wildman–Crippen MR) is 174 cm³/mol. The Bertz CT molecular complexity index is 1710. The van der Waals surface area contributed by atoms with Gasteiger partial charge in [-0.1, -0.05) is 26.0 Å². The molecule has 2 fully saturated rings. The molecule has 0 saturated carbocycles. The Morgan fingerprint density at radius 2 is 1.96 bits per heavy atom. The summed E-state index contributed by atoms with van der Waals surface area (Å²) in [5.74, 6) is 1.10. The number of nitrogens with zero attached hydrogens (tertiary/aromatic N) is 2. The van der Waals surface area contributed by atoms with Gasteiger partial charge in [0.1, 0.15) is 18.5 Å². The molecule has 6 rings (SSSR count). The molecule has 3 aliphatic heterocycles. The predicted octanol–water partition coefficient (Wildman–Crippen LogP) is 3.87. The number of amides is 1. The van der Waals surface area contributed by atoms with E-state index in [0.29, 0.717) is 47.8 Å². The van der Waals surface area contributed by atoms with E-state index in [-0.39, 0.29) is 49.6 Å². The molecular formula is C33H41N3O10S2. The van der Waals surface area contributed by atoms with Crippen LogP contribution in [0.2, 0.25) is 1.41 Å². The summed E-state index contributed by atoms with van der Waals surface area (Å²) in [6.07, 6.45) is -2.82. The third-order valence-corrected chi connectivity index (χ3v) is 11.0.